The number of nitrogens with zero attached hydrogens (tertiary/aromatic N) is 1. The van der Waals surface area contributed by atoms with Gasteiger partial charge < -0.3 is 15.0 Å². The first-order valence-corrected chi connectivity index (χ1v) is 7.93. The van der Waals surface area contributed by atoms with Crippen molar-refractivity contribution in [2.45, 2.75) is 45.8 Å². The van der Waals surface area contributed by atoms with Crippen LogP contribution in [0.25, 0.3) is 0 Å². The lowest BCUT2D eigenvalue weighted by molar-refractivity contribution is 0.227. The van der Waals surface area contributed by atoms with Gasteiger partial charge in [-0.05, 0) is 45.8 Å². The summed E-state index contributed by atoms with van der Waals surface area (Å²) in [5.41, 5.74) is 1.25. The van der Waals surface area contributed by atoms with Crippen LogP contribution in [0.3, 0.4) is 0 Å². The average molecular weight is 276 g/mol. The first-order chi connectivity index (χ1) is 9.75. The third kappa shape index (κ3) is 5.14. The molecule has 0 radical (unpaired) electrons. The van der Waals surface area contributed by atoms with Crippen molar-refractivity contribution >= 4 is 0 Å². The highest BCUT2D eigenvalue weighted by molar-refractivity contribution is 5.33. The van der Waals surface area contributed by atoms with Crippen LogP contribution in [0.2, 0.25) is 0 Å². The van der Waals surface area contributed by atoms with E-state index >= 15 is 0 Å². The van der Waals surface area contributed by atoms with E-state index in [0.29, 0.717) is 0 Å². The van der Waals surface area contributed by atoms with Crippen molar-refractivity contribution in [2.24, 2.45) is 0 Å². The Morgan fingerprint density at radius 3 is 2.65 bits per heavy atom. The quantitative estimate of drug-likeness (QED) is 0.775. The molecule has 1 aromatic carbocycles. The maximum atomic E-state index is 5.84. The number of rotatable bonds is 7. The van der Waals surface area contributed by atoms with E-state index in [4.69, 9.17) is 4.74 Å². The van der Waals surface area contributed by atoms with Crippen LogP contribution in [0.15, 0.2) is 24.3 Å². The Kier molecular flexibility index (Phi) is 6.34. The van der Waals surface area contributed by atoms with E-state index in [1.54, 1.807) is 0 Å². The molecule has 1 saturated heterocycles. The number of hydrogen-bond acceptors (Lipinski definition) is 3. The molecule has 1 fully saturated rings. The SMILES string of the molecule is CC(C)Oc1ccccc1CNCCN1CCCCC1. The molecule has 3 nitrogen and oxygen atoms in total. The average Bonchev–Trinajstić information content (AvgIpc) is 2.46. The second-order valence-electron chi connectivity index (χ2n) is 5.85. The van der Waals surface area contributed by atoms with Crippen molar-refractivity contribution in [3.63, 3.8) is 0 Å². The molecule has 0 amide bonds. The molecule has 1 N–H and O–H groups in total. The lowest BCUT2D eigenvalue weighted by atomic mass is 10.1. The third-order valence-electron chi connectivity index (χ3n) is 3.70. The Balaban J connectivity index is 1.73. The van der Waals surface area contributed by atoms with Crippen LogP contribution in [0.1, 0.15) is 38.7 Å². The Morgan fingerprint density at radius 1 is 1.15 bits per heavy atom. The predicted octanol–water partition coefficient (Wildman–Crippen LogP) is 3.05. The monoisotopic (exact) mass is 276 g/mol. The van der Waals surface area contributed by atoms with Crippen LogP contribution in [0.5, 0.6) is 5.75 Å². The summed E-state index contributed by atoms with van der Waals surface area (Å²) in [7, 11) is 0. The molecule has 0 bridgehead atoms. The van der Waals surface area contributed by atoms with Crippen LogP contribution < -0.4 is 10.1 Å². The molecule has 1 aliphatic heterocycles. The Bertz CT molecular complexity index is 386. The molecule has 0 atom stereocenters. The van der Waals surface area contributed by atoms with Gasteiger partial charge in [-0.1, -0.05) is 24.6 Å². The van der Waals surface area contributed by atoms with Crippen molar-refractivity contribution in [1.29, 1.82) is 0 Å². The summed E-state index contributed by atoms with van der Waals surface area (Å²) in [5.74, 6) is 1.01. The normalized spacial score (nSPS) is 16.6. The first-order valence-electron chi connectivity index (χ1n) is 7.93. The molecule has 3 heteroatoms. The predicted molar refractivity (Wildman–Crippen MR) is 84.2 cm³/mol. The highest BCUT2D eigenvalue weighted by Gasteiger charge is 2.09. The number of piperidine rings is 1. The molecule has 112 valence electrons. The minimum absolute atomic E-state index is 0.226. The number of para-hydroxylation sites is 1. The molecular weight excluding hydrogens is 248 g/mol. The number of likely N-dealkylation sites (tertiary alicyclic amines) is 1. The topological polar surface area (TPSA) is 24.5 Å². The lowest BCUT2D eigenvalue weighted by Crippen LogP contribution is -2.35. The van der Waals surface area contributed by atoms with E-state index in [-0.39, 0.29) is 6.10 Å². The molecule has 0 unspecified atom stereocenters. The molecule has 1 heterocycles. The smallest absolute Gasteiger partial charge is 0.124 e. The standard InChI is InChI=1S/C17H28N2O/c1-15(2)20-17-9-5-4-8-16(17)14-18-10-13-19-11-6-3-7-12-19/h4-5,8-9,15,18H,3,6-7,10-14H2,1-2H3. The summed E-state index contributed by atoms with van der Waals surface area (Å²) in [6.07, 6.45) is 4.37. The molecule has 0 spiro atoms. The fourth-order valence-corrected chi connectivity index (χ4v) is 2.66. The fourth-order valence-electron chi connectivity index (χ4n) is 2.66. The minimum atomic E-state index is 0.226. The van der Waals surface area contributed by atoms with E-state index in [2.05, 4.69) is 42.3 Å². The van der Waals surface area contributed by atoms with E-state index in [1.807, 2.05) is 6.07 Å². The lowest BCUT2D eigenvalue weighted by Gasteiger charge is -2.26. The van der Waals surface area contributed by atoms with Gasteiger partial charge in [0.05, 0.1) is 6.10 Å². The summed E-state index contributed by atoms with van der Waals surface area (Å²) >= 11 is 0. The molecule has 0 saturated carbocycles. The molecule has 0 aliphatic carbocycles. The van der Waals surface area contributed by atoms with Crippen LogP contribution in [0.4, 0.5) is 0 Å². The van der Waals surface area contributed by atoms with Gasteiger partial charge in [0.2, 0.25) is 0 Å². The second-order valence-corrected chi connectivity index (χ2v) is 5.85. The molecule has 2 rings (SSSR count). The Hall–Kier alpha value is -1.06. The van der Waals surface area contributed by atoms with Crippen LogP contribution in [0, 0.1) is 0 Å². The van der Waals surface area contributed by atoms with Crippen molar-refractivity contribution in [3.05, 3.63) is 29.8 Å². The Morgan fingerprint density at radius 2 is 1.90 bits per heavy atom. The summed E-state index contributed by atoms with van der Waals surface area (Å²) in [5, 5.41) is 3.54. The fraction of sp³-hybridized carbons (Fsp3) is 0.647. The molecule has 1 aliphatic rings. The summed E-state index contributed by atoms with van der Waals surface area (Å²) in [4.78, 5) is 2.56. The third-order valence-corrected chi connectivity index (χ3v) is 3.70. The molecule has 20 heavy (non-hydrogen) atoms. The van der Waals surface area contributed by atoms with Crippen LogP contribution >= 0.6 is 0 Å². The van der Waals surface area contributed by atoms with Crippen LogP contribution in [-0.4, -0.2) is 37.2 Å². The largest absolute Gasteiger partial charge is 0.491 e. The number of hydrogen-bond donors (Lipinski definition) is 1. The van der Waals surface area contributed by atoms with Gasteiger partial charge >= 0.3 is 0 Å². The van der Waals surface area contributed by atoms with Crippen LogP contribution in [-0.2, 0) is 6.54 Å². The van der Waals surface area contributed by atoms with E-state index in [1.165, 1.54) is 37.9 Å². The van der Waals surface area contributed by atoms with Gasteiger partial charge in [0.15, 0.2) is 0 Å². The van der Waals surface area contributed by atoms with Gasteiger partial charge in [-0.15, -0.1) is 0 Å². The van der Waals surface area contributed by atoms with Gasteiger partial charge in [0.25, 0.3) is 0 Å². The number of ether oxygens (including phenoxy) is 1. The highest BCUT2D eigenvalue weighted by atomic mass is 16.5. The Labute approximate surface area is 123 Å². The molecule has 0 aromatic heterocycles. The van der Waals surface area contributed by atoms with Gasteiger partial charge in [0.1, 0.15) is 5.75 Å². The maximum absolute atomic E-state index is 5.84. The van der Waals surface area contributed by atoms with Crippen molar-refractivity contribution in [3.8, 4) is 5.75 Å². The number of benzene rings is 1. The van der Waals surface area contributed by atoms with Gasteiger partial charge in [0, 0.05) is 25.2 Å². The van der Waals surface area contributed by atoms with E-state index in [0.717, 1.165) is 25.4 Å². The van der Waals surface area contributed by atoms with Crippen molar-refractivity contribution < 1.29 is 4.74 Å². The van der Waals surface area contributed by atoms with Gasteiger partial charge in [-0.3, -0.25) is 0 Å². The van der Waals surface area contributed by atoms with Crippen molar-refractivity contribution in [2.75, 3.05) is 26.2 Å². The molecule has 1 aromatic rings. The summed E-state index contributed by atoms with van der Waals surface area (Å²) in [6.45, 7) is 9.78. The second kappa shape index (κ2) is 8.28. The zero-order valence-corrected chi connectivity index (χ0v) is 12.9. The molecular formula is C17H28N2O. The van der Waals surface area contributed by atoms with E-state index in [9.17, 15) is 0 Å². The summed E-state index contributed by atoms with van der Waals surface area (Å²) < 4.78 is 5.84. The van der Waals surface area contributed by atoms with Crippen molar-refractivity contribution in [1.82, 2.24) is 10.2 Å². The first kappa shape index (κ1) is 15.3. The minimum Gasteiger partial charge on any atom is -0.491 e. The highest BCUT2D eigenvalue weighted by Crippen LogP contribution is 2.19. The van der Waals surface area contributed by atoms with Gasteiger partial charge in [-0.2, -0.15) is 0 Å². The number of nitrogens with one attached hydrogen (secondary N) is 1. The van der Waals surface area contributed by atoms with E-state index < -0.39 is 0 Å². The zero-order chi connectivity index (χ0) is 14.2. The zero-order valence-electron chi connectivity index (χ0n) is 12.9. The summed E-state index contributed by atoms with van der Waals surface area (Å²) in [6, 6.07) is 8.32. The van der Waals surface area contributed by atoms with Gasteiger partial charge in [-0.25, -0.2) is 0 Å². The maximum Gasteiger partial charge on any atom is 0.124 e.